The van der Waals surface area contributed by atoms with Gasteiger partial charge in [-0.25, -0.2) is 0 Å². The fraction of sp³-hybridized carbons (Fsp3) is 0.300. The lowest BCUT2D eigenvalue weighted by Gasteiger charge is -2.10. The van der Waals surface area contributed by atoms with Crippen molar-refractivity contribution in [2.24, 2.45) is 5.16 Å². The zero-order valence-electron chi connectivity index (χ0n) is 14.3. The standard InChI is InChI=1S/C20H20N2O4/c23-19(17-12-18(26-22-17)15-4-2-1-3-5-15)21-13-14-6-8-16(9-7-14)20-24-10-11-25-20/h1-9,18,20H,10-13H2,(H,21,23). The summed E-state index contributed by atoms with van der Waals surface area (Å²) in [6.07, 6.45) is 0.00621. The van der Waals surface area contributed by atoms with E-state index in [0.29, 0.717) is 31.9 Å². The molecule has 1 amide bonds. The van der Waals surface area contributed by atoms with Crippen molar-refractivity contribution in [1.29, 1.82) is 0 Å². The van der Waals surface area contributed by atoms with Crippen LogP contribution in [0.2, 0.25) is 0 Å². The van der Waals surface area contributed by atoms with Crippen LogP contribution in [-0.2, 0) is 25.7 Å². The number of rotatable bonds is 5. The van der Waals surface area contributed by atoms with Crippen molar-refractivity contribution in [3.05, 3.63) is 71.3 Å². The van der Waals surface area contributed by atoms with Crippen LogP contribution in [0.15, 0.2) is 59.8 Å². The van der Waals surface area contributed by atoms with Gasteiger partial charge in [-0.2, -0.15) is 0 Å². The van der Waals surface area contributed by atoms with E-state index >= 15 is 0 Å². The lowest BCUT2D eigenvalue weighted by Crippen LogP contribution is -2.29. The molecule has 134 valence electrons. The average Bonchev–Trinajstić information content (AvgIpc) is 3.39. The zero-order valence-corrected chi connectivity index (χ0v) is 14.3. The van der Waals surface area contributed by atoms with Crippen molar-refractivity contribution >= 4 is 11.6 Å². The first-order chi connectivity index (χ1) is 12.8. The zero-order chi connectivity index (χ0) is 17.8. The largest absolute Gasteiger partial charge is 0.387 e. The highest BCUT2D eigenvalue weighted by Gasteiger charge is 2.27. The van der Waals surface area contributed by atoms with E-state index in [1.165, 1.54) is 0 Å². The predicted molar refractivity (Wildman–Crippen MR) is 95.3 cm³/mol. The van der Waals surface area contributed by atoms with Gasteiger partial charge in [0.2, 0.25) is 0 Å². The van der Waals surface area contributed by atoms with Gasteiger partial charge >= 0.3 is 0 Å². The predicted octanol–water partition coefficient (Wildman–Crippen LogP) is 2.87. The number of hydrogen-bond acceptors (Lipinski definition) is 5. The van der Waals surface area contributed by atoms with Crippen molar-refractivity contribution in [2.75, 3.05) is 13.2 Å². The molecule has 4 rings (SSSR count). The number of ether oxygens (including phenoxy) is 2. The summed E-state index contributed by atoms with van der Waals surface area (Å²) in [6, 6.07) is 17.6. The van der Waals surface area contributed by atoms with Gasteiger partial charge in [-0.05, 0) is 11.1 Å². The molecule has 6 heteroatoms. The summed E-state index contributed by atoms with van der Waals surface area (Å²) >= 11 is 0. The van der Waals surface area contributed by atoms with Crippen LogP contribution in [0.5, 0.6) is 0 Å². The van der Waals surface area contributed by atoms with Crippen molar-refractivity contribution in [2.45, 2.75) is 25.4 Å². The summed E-state index contributed by atoms with van der Waals surface area (Å²) in [4.78, 5) is 17.7. The summed E-state index contributed by atoms with van der Waals surface area (Å²) in [5.74, 6) is -0.199. The van der Waals surface area contributed by atoms with Gasteiger partial charge in [0.15, 0.2) is 12.4 Å². The third kappa shape index (κ3) is 3.76. The lowest BCUT2D eigenvalue weighted by molar-refractivity contribution is -0.115. The van der Waals surface area contributed by atoms with Gasteiger partial charge in [-0.15, -0.1) is 0 Å². The molecule has 1 saturated heterocycles. The average molecular weight is 352 g/mol. The maximum absolute atomic E-state index is 12.3. The Morgan fingerprint density at radius 3 is 2.46 bits per heavy atom. The second-order valence-corrected chi connectivity index (χ2v) is 6.24. The van der Waals surface area contributed by atoms with Crippen LogP contribution in [0.25, 0.3) is 0 Å². The Morgan fingerprint density at radius 2 is 1.73 bits per heavy atom. The fourth-order valence-corrected chi connectivity index (χ4v) is 2.99. The number of benzene rings is 2. The molecular weight excluding hydrogens is 332 g/mol. The first-order valence-corrected chi connectivity index (χ1v) is 8.67. The first kappa shape index (κ1) is 16.8. The molecule has 2 aromatic carbocycles. The van der Waals surface area contributed by atoms with Crippen molar-refractivity contribution < 1.29 is 19.1 Å². The molecular formula is C20H20N2O4. The van der Waals surface area contributed by atoms with E-state index < -0.39 is 0 Å². The van der Waals surface area contributed by atoms with Gasteiger partial charge in [0, 0.05) is 18.5 Å². The molecule has 26 heavy (non-hydrogen) atoms. The molecule has 2 aromatic rings. The van der Waals surface area contributed by atoms with E-state index in [1.54, 1.807) is 0 Å². The smallest absolute Gasteiger partial charge is 0.269 e. The summed E-state index contributed by atoms with van der Waals surface area (Å²) in [5.41, 5.74) is 3.42. The van der Waals surface area contributed by atoms with E-state index in [9.17, 15) is 4.79 Å². The van der Waals surface area contributed by atoms with E-state index in [-0.39, 0.29) is 18.3 Å². The quantitative estimate of drug-likeness (QED) is 0.898. The minimum absolute atomic E-state index is 0.192. The maximum atomic E-state index is 12.3. The Morgan fingerprint density at radius 1 is 1.00 bits per heavy atom. The molecule has 1 unspecified atom stereocenters. The molecule has 0 saturated carbocycles. The van der Waals surface area contributed by atoms with Crippen LogP contribution >= 0.6 is 0 Å². The van der Waals surface area contributed by atoms with Crippen LogP contribution in [0.4, 0.5) is 0 Å². The Hall–Kier alpha value is -2.70. The van der Waals surface area contributed by atoms with Crippen LogP contribution < -0.4 is 5.32 Å². The fourth-order valence-electron chi connectivity index (χ4n) is 2.99. The highest BCUT2D eigenvalue weighted by atomic mass is 16.7. The van der Waals surface area contributed by atoms with Gasteiger partial charge in [0.25, 0.3) is 5.91 Å². The normalized spacial score (nSPS) is 19.8. The van der Waals surface area contributed by atoms with Crippen molar-refractivity contribution in [1.82, 2.24) is 5.32 Å². The number of carbonyl (C=O) groups excluding carboxylic acids is 1. The number of nitrogens with one attached hydrogen (secondary N) is 1. The van der Waals surface area contributed by atoms with Gasteiger partial charge < -0.3 is 19.6 Å². The first-order valence-electron chi connectivity index (χ1n) is 8.67. The second kappa shape index (κ2) is 7.68. The van der Waals surface area contributed by atoms with E-state index in [4.69, 9.17) is 14.3 Å². The minimum Gasteiger partial charge on any atom is -0.387 e. The summed E-state index contributed by atoms with van der Waals surface area (Å²) in [5, 5.41) is 6.83. The second-order valence-electron chi connectivity index (χ2n) is 6.24. The third-order valence-electron chi connectivity index (χ3n) is 4.43. The minimum atomic E-state index is -0.279. The molecule has 0 aromatic heterocycles. The van der Waals surface area contributed by atoms with E-state index in [0.717, 1.165) is 16.7 Å². The van der Waals surface area contributed by atoms with Crippen LogP contribution in [0.3, 0.4) is 0 Å². The van der Waals surface area contributed by atoms with Gasteiger partial charge in [-0.3, -0.25) is 4.79 Å². The third-order valence-corrected chi connectivity index (χ3v) is 4.43. The molecule has 0 bridgehead atoms. The van der Waals surface area contributed by atoms with Gasteiger partial charge in [0.1, 0.15) is 5.71 Å². The topological polar surface area (TPSA) is 69.2 Å². The van der Waals surface area contributed by atoms with Crippen LogP contribution in [-0.4, -0.2) is 24.8 Å². The summed E-state index contributed by atoms with van der Waals surface area (Å²) < 4.78 is 10.9. The van der Waals surface area contributed by atoms with E-state index in [2.05, 4.69) is 10.5 Å². The maximum Gasteiger partial charge on any atom is 0.269 e. The molecule has 0 radical (unpaired) electrons. The Kier molecular flexibility index (Phi) is 4.95. The molecule has 0 aliphatic carbocycles. The Labute approximate surface area is 151 Å². The molecule has 1 atom stereocenters. The van der Waals surface area contributed by atoms with Crippen molar-refractivity contribution in [3.63, 3.8) is 0 Å². The molecule has 2 aliphatic heterocycles. The molecule has 6 nitrogen and oxygen atoms in total. The molecule has 0 spiro atoms. The number of amides is 1. The SMILES string of the molecule is O=C(NCc1ccc(C2OCCO2)cc1)C1=NOC(c2ccccc2)C1. The monoisotopic (exact) mass is 352 g/mol. The van der Waals surface area contributed by atoms with Crippen LogP contribution in [0.1, 0.15) is 35.5 Å². The number of carbonyl (C=O) groups is 1. The Balaban J connectivity index is 1.29. The number of oxime groups is 1. The summed E-state index contributed by atoms with van der Waals surface area (Å²) in [7, 11) is 0. The molecule has 2 heterocycles. The summed E-state index contributed by atoms with van der Waals surface area (Å²) in [6.45, 7) is 1.67. The lowest BCUT2D eigenvalue weighted by atomic mass is 10.0. The molecule has 1 N–H and O–H groups in total. The van der Waals surface area contributed by atoms with Gasteiger partial charge in [0.05, 0.1) is 13.2 Å². The van der Waals surface area contributed by atoms with Crippen molar-refractivity contribution in [3.8, 4) is 0 Å². The Bertz CT molecular complexity index is 783. The van der Waals surface area contributed by atoms with Gasteiger partial charge in [-0.1, -0.05) is 59.8 Å². The number of nitrogens with zero attached hydrogens (tertiary/aromatic N) is 1. The van der Waals surface area contributed by atoms with Crippen LogP contribution in [0, 0.1) is 0 Å². The molecule has 1 fully saturated rings. The number of hydrogen-bond donors (Lipinski definition) is 1. The van der Waals surface area contributed by atoms with E-state index in [1.807, 2.05) is 54.6 Å². The highest BCUT2D eigenvalue weighted by Crippen LogP contribution is 2.27. The highest BCUT2D eigenvalue weighted by molar-refractivity contribution is 6.39. The molecule has 2 aliphatic rings.